The number of H-pyrrole nitrogens is 1. The third kappa shape index (κ3) is 3.86. The van der Waals surface area contributed by atoms with E-state index in [2.05, 4.69) is 19.9 Å². The summed E-state index contributed by atoms with van der Waals surface area (Å²) in [7, 11) is 0. The maximum atomic E-state index is 12.9. The number of hydrogen-bond acceptors (Lipinski definition) is 5. The van der Waals surface area contributed by atoms with Crippen LogP contribution in [0.4, 0.5) is 8.78 Å². The molecular weight excluding hydrogens is 366 g/mol. The number of aromatic amines is 1. The van der Waals surface area contributed by atoms with Gasteiger partial charge < -0.3 is 19.9 Å². The van der Waals surface area contributed by atoms with Gasteiger partial charge in [-0.3, -0.25) is 0 Å². The molecular formula is C20H18F2N4O2. The summed E-state index contributed by atoms with van der Waals surface area (Å²) in [5.41, 5.74) is 8.93. The van der Waals surface area contributed by atoms with Crippen molar-refractivity contribution in [1.82, 2.24) is 15.2 Å². The lowest BCUT2D eigenvalue weighted by atomic mass is 10.1. The molecule has 6 nitrogen and oxygen atoms in total. The van der Waals surface area contributed by atoms with Crippen LogP contribution in [0.3, 0.4) is 0 Å². The van der Waals surface area contributed by atoms with Gasteiger partial charge in [-0.1, -0.05) is 18.2 Å². The number of hydrogen-bond donors (Lipinski definition) is 2. The molecule has 28 heavy (non-hydrogen) atoms. The number of nitrogens with zero attached hydrogens (tertiary/aromatic N) is 2. The van der Waals surface area contributed by atoms with Crippen LogP contribution in [0.15, 0.2) is 59.1 Å². The summed E-state index contributed by atoms with van der Waals surface area (Å²) in [5, 5.41) is 9.14. The third-order valence-electron chi connectivity index (χ3n) is 4.27. The maximum absolute atomic E-state index is 12.9. The highest BCUT2D eigenvalue weighted by Crippen LogP contribution is 2.27. The predicted octanol–water partition coefficient (Wildman–Crippen LogP) is 4.45. The molecule has 0 amide bonds. The highest BCUT2D eigenvalue weighted by molar-refractivity contribution is 5.83. The van der Waals surface area contributed by atoms with E-state index in [4.69, 9.17) is 10.2 Å². The Kier molecular flexibility index (Phi) is 4.56. The van der Waals surface area contributed by atoms with Crippen LogP contribution in [-0.4, -0.2) is 21.3 Å². The number of nitrogens with one attached hydrogen (secondary N) is 1. The average molecular weight is 384 g/mol. The van der Waals surface area contributed by atoms with Crippen molar-refractivity contribution in [3.8, 4) is 17.2 Å². The van der Waals surface area contributed by atoms with Crippen LogP contribution in [0.2, 0.25) is 0 Å². The second-order valence-corrected chi connectivity index (χ2v) is 6.55. The zero-order chi connectivity index (χ0) is 19.7. The Hall–Kier alpha value is -3.26. The van der Waals surface area contributed by atoms with Gasteiger partial charge in [0.05, 0.1) is 6.04 Å². The number of halogens is 2. The Bertz CT molecular complexity index is 1080. The molecule has 0 saturated heterocycles. The molecule has 0 aliphatic rings. The first-order valence-corrected chi connectivity index (χ1v) is 8.70. The van der Waals surface area contributed by atoms with E-state index in [1.807, 2.05) is 30.5 Å². The molecule has 2 aromatic carbocycles. The molecule has 0 unspecified atom stereocenters. The fourth-order valence-electron chi connectivity index (χ4n) is 3.00. The summed E-state index contributed by atoms with van der Waals surface area (Å²) >= 11 is 0. The molecule has 0 saturated carbocycles. The molecule has 0 spiro atoms. The van der Waals surface area contributed by atoms with Crippen LogP contribution in [0.5, 0.6) is 5.75 Å². The van der Waals surface area contributed by atoms with Crippen LogP contribution in [0.25, 0.3) is 22.4 Å². The van der Waals surface area contributed by atoms with Gasteiger partial charge in [0.25, 0.3) is 0 Å². The highest BCUT2D eigenvalue weighted by atomic mass is 19.3. The minimum Gasteiger partial charge on any atom is -0.433 e. The summed E-state index contributed by atoms with van der Waals surface area (Å²) in [6.07, 6.45) is -0.789. The molecule has 0 aliphatic heterocycles. The maximum Gasteiger partial charge on any atom is 0.394 e. The Morgan fingerprint density at radius 2 is 1.89 bits per heavy atom. The normalized spacial score (nSPS) is 13.0. The fourth-order valence-corrected chi connectivity index (χ4v) is 3.00. The fraction of sp³-hybridized carbons (Fsp3) is 0.200. The average Bonchev–Trinajstić information content (AvgIpc) is 3.29. The summed E-state index contributed by atoms with van der Waals surface area (Å²) in [5.74, 6) is 0.618. The molecule has 0 bridgehead atoms. The van der Waals surface area contributed by atoms with Crippen molar-refractivity contribution in [2.24, 2.45) is 5.73 Å². The lowest BCUT2D eigenvalue weighted by Gasteiger charge is -2.12. The van der Waals surface area contributed by atoms with E-state index in [-0.39, 0.29) is 11.6 Å². The summed E-state index contributed by atoms with van der Waals surface area (Å²) in [6, 6.07) is 13.5. The van der Waals surface area contributed by atoms with E-state index in [1.165, 1.54) is 12.1 Å². The molecule has 0 fully saturated rings. The highest BCUT2D eigenvalue weighted by Gasteiger charge is 2.23. The van der Waals surface area contributed by atoms with E-state index in [0.29, 0.717) is 24.8 Å². The van der Waals surface area contributed by atoms with Gasteiger partial charge in [0.1, 0.15) is 5.75 Å². The van der Waals surface area contributed by atoms with Gasteiger partial charge in [-0.25, -0.2) is 0 Å². The van der Waals surface area contributed by atoms with Gasteiger partial charge in [-0.05, 0) is 42.3 Å². The number of benzene rings is 2. The van der Waals surface area contributed by atoms with Crippen molar-refractivity contribution < 1.29 is 17.9 Å². The smallest absolute Gasteiger partial charge is 0.394 e. The summed E-state index contributed by atoms with van der Waals surface area (Å²) in [6.45, 7) is 0.681. The van der Waals surface area contributed by atoms with E-state index in [9.17, 15) is 8.78 Å². The minimum atomic E-state index is -3.24. The number of ether oxygens (including phenoxy) is 1. The number of nitrogens with two attached hydrogens (primary N) is 1. The molecule has 2 heterocycles. The van der Waals surface area contributed by atoms with Crippen LogP contribution in [0, 0.1) is 0 Å². The van der Waals surface area contributed by atoms with Crippen molar-refractivity contribution in [3.05, 3.63) is 66.2 Å². The zero-order valence-corrected chi connectivity index (χ0v) is 15.0. The second kappa shape index (κ2) is 7.05. The molecule has 0 aliphatic carbocycles. The standard InChI is InChI=1S/C20H18F2N4O2/c1-20(21,22)28-14-8-6-12(7-9-14)18-25-26-19(27-18)16(23)10-13-11-24-17-5-3-2-4-15(13)17/h2-9,11,16,24H,10,23H2,1H3/t16-/m0/s1. The van der Waals surface area contributed by atoms with E-state index in [0.717, 1.165) is 16.5 Å². The van der Waals surface area contributed by atoms with Gasteiger partial charge in [-0.15, -0.1) is 10.2 Å². The largest absolute Gasteiger partial charge is 0.433 e. The minimum absolute atomic E-state index is 0.0482. The van der Waals surface area contributed by atoms with Crippen molar-refractivity contribution in [2.45, 2.75) is 25.5 Å². The first-order chi connectivity index (χ1) is 13.4. The number of rotatable bonds is 6. The Morgan fingerprint density at radius 3 is 2.64 bits per heavy atom. The number of para-hydroxylation sites is 1. The number of aromatic nitrogens is 3. The molecule has 4 aromatic rings. The molecule has 8 heteroatoms. The molecule has 0 radical (unpaired) electrons. The van der Waals surface area contributed by atoms with Gasteiger partial charge in [0.15, 0.2) is 0 Å². The Balaban J connectivity index is 1.49. The second-order valence-electron chi connectivity index (χ2n) is 6.55. The Labute approximate surface area is 159 Å². The van der Waals surface area contributed by atoms with Crippen molar-refractivity contribution in [3.63, 3.8) is 0 Å². The first kappa shape index (κ1) is 18.1. The number of fused-ring (bicyclic) bond motifs is 1. The first-order valence-electron chi connectivity index (χ1n) is 8.70. The topological polar surface area (TPSA) is 90.0 Å². The zero-order valence-electron chi connectivity index (χ0n) is 15.0. The summed E-state index contributed by atoms with van der Waals surface area (Å²) < 4.78 is 36.0. The monoisotopic (exact) mass is 384 g/mol. The van der Waals surface area contributed by atoms with Gasteiger partial charge in [-0.2, -0.15) is 8.78 Å². The summed E-state index contributed by atoms with van der Waals surface area (Å²) in [4.78, 5) is 3.21. The van der Waals surface area contributed by atoms with E-state index in [1.54, 1.807) is 12.1 Å². The molecule has 4 rings (SSSR count). The van der Waals surface area contributed by atoms with E-state index < -0.39 is 12.2 Å². The van der Waals surface area contributed by atoms with Gasteiger partial charge in [0, 0.05) is 29.6 Å². The molecule has 3 N–H and O–H groups in total. The molecule has 1 atom stereocenters. The van der Waals surface area contributed by atoms with Crippen molar-refractivity contribution in [2.75, 3.05) is 0 Å². The molecule has 144 valence electrons. The SMILES string of the molecule is CC(F)(F)Oc1ccc(-c2nnc([C@@H](N)Cc3c[nH]c4ccccc34)o2)cc1. The third-order valence-corrected chi connectivity index (χ3v) is 4.27. The van der Waals surface area contributed by atoms with E-state index >= 15 is 0 Å². The van der Waals surface area contributed by atoms with Crippen molar-refractivity contribution in [1.29, 1.82) is 0 Å². The lowest BCUT2D eigenvalue weighted by Crippen LogP contribution is -2.18. The van der Waals surface area contributed by atoms with Crippen LogP contribution >= 0.6 is 0 Å². The van der Waals surface area contributed by atoms with Crippen LogP contribution in [-0.2, 0) is 6.42 Å². The molecule has 2 aromatic heterocycles. The Morgan fingerprint density at radius 1 is 1.14 bits per heavy atom. The quantitative estimate of drug-likeness (QED) is 0.512. The number of alkyl halides is 2. The predicted molar refractivity (Wildman–Crippen MR) is 99.9 cm³/mol. The van der Waals surface area contributed by atoms with Crippen molar-refractivity contribution >= 4 is 10.9 Å². The van der Waals surface area contributed by atoms with Gasteiger partial charge >= 0.3 is 6.11 Å². The lowest BCUT2D eigenvalue weighted by molar-refractivity contribution is -0.158. The van der Waals surface area contributed by atoms with Crippen LogP contribution in [0.1, 0.15) is 24.4 Å². The van der Waals surface area contributed by atoms with Crippen LogP contribution < -0.4 is 10.5 Å². The van der Waals surface area contributed by atoms with Gasteiger partial charge in [0.2, 0.25) is 11.8 Å².